The molecule has 0 radical (unpaired) electrons. The lowest BCUT2D eigenvalue weighted by Crippen LogP contribution is -2.36. The molecule has 0 unspecified atom stereocenters. The lowest BCUT2D eigenvalue weighted by atomic mass is 9.81. The van der Waals surface area contributed by atoms with Crippen LogP contribution in [0.3, 0.4) is 0 Å². The third-order valence-electron chi connectivity index (χ3n) is 4.64. The summed E-state index contributed by atoms with van der Waals surface area (Å²) in [5.74, 6) is 1.03. The van der Waals surface area contributed by atoms with Crippen LogP contribution in [0.5, 0.6) is 0 Å². The van der Waals surface area contributed by atoms with Gasteiger partial charge in [-0.25, -0.2) is 0 Å². The van der Waals surface area contributed by atoms with E-state index < -0.39 is 0 Å². The molecule has 0 N–H and O–H groups in total. The molecule has 1 aromatic rings. The van der Waals surface area contributed by atoms with Crippen LogP contribution in [0.15, 0.2) is 24.3 Å². The average molecular weight is 292 g/mol. The highest BCUT2D eigenvalue weighted by atomic mass is 32.1. The van der Waals surface area contributed by atoms with E-state index in [0.29, 0.717) is 5.41 Å². The number of hydrogen-bond acceptors (Lipinski definition) is 2. The summed E-state index contributed by atoms with van der Waals surface area (Å²) in [6.45, 7) is 4.41. The van der Waals surface area contributed by atoms with Gasteiger partial charge in [0, 0.05) is 13.1 Å². The Labute approximate surface area is 130 Å². The maximum absolute atomic E-state index is 4.69. The second-order valence-electron chi connectivity index (χ2n) is 6.73. The van der Waals surface area contributed by atoms with Gasteiger partial charge in [0.1, 0.15) is 0 Å². The van der Waals surface area contributed by atoms with Gasteiger partial charge in [0.25, 0.3) is 0 Å². The lowest BCUT2D eigenvalue weighted by molar-refractivity contribution is 0.170. The molecule has 0 saturated heterocycles. The van der Waals surface area contributed by atoms with Gasteiger partial charge in [-0.3, -0.25) is 0 Å². The van der Waals surface area contributed by atoms with Crippen LogP contribution in [-0.2, 0) is 6.54 Å². The summed E-state index contributed by atoms with van der Waals surface area (Å²) in [5.41, 5.74) is 3.22. The van der Waals surface area contributed by atoms with Crippen molar-refractivity contribution in [1.82, 2.24) is 4.90 Å². The van der Waals surface area contributed by atoms with Crippen LogP contribution < -0.4 is 0 Å². The van der Waals surface area contributed by atoms with Gasteiger partial charge >= 0.3 is 0 Å². The monoisotopic (exact) mass is 291 g/mol. The van der Waals surface area contributed by atoms with Gasteiger partial charge in [0.15, 0.2) is 0 Å². The molecule has 112 valence electrons. The van der Waals surface area contributed by atoms with Crippen LogP contribution in [0.4, 0.5) is 0 Å². The van der Waals surface area contributed by atoms with Crippen LogP contribution in [0.25, 0.3) is 0 Å². The van der Waals surface area contributed by atoms with E-state index in [2.05, 4.69) is 55.8 Å². The van der Waals surface area contributed by atoms with E-state index in [1.54, 1.807) is 0 Å². The molecule has 2 rings (SSSR count). The summed E-state index contributed by atoms with van der Waals surface area (Å²) in [5, 5.41) is 0. The predicted molar refractivity (Wildman–Crippen MR) is 91.5 cm³/mol. The first-order valence-electron chi connectivity index (χ1n) is 7.99. The first kappa shape index (κ1) is 15.9. The molecular weight excluding hydrogens is 262 g/mol. The van der Waals surface area contributed by atoms with Gasteiger partial charge in [0.2, 0.25) is 0 Å². The van der Waals surface area contributed by atoms with Crippen LogP contribution >= 0.6 is 12.6 Å². The number of hydrogen-bond donors (Lipinski definition) is 1. The third kappa shape index (κ3) is 4.53. The first-order chi connectivity index (χ1) is 9.63. The zero-order chi connectivity index (χ0) is 14.4. The summed E-state index contributed by atoms with van der Waals surface area (Å²) in [6, 6.07) is 8.88. The maximum Gasteiger partial charge on any atom is 0.0231 e. The molecule has 1 nitrogen and oxygen atoms in total. The standard InChI is InChI=1S/C18H29NS/c1-16-8-7-9-17(12-16)13-19(2)14-18(15-20)10-5-3-4-6-11-18/h7-9,12,20H,3-6,10-11,13-15H2,1-2H3. The Morgan fingerprint density at radius 1 is 1.15 bits per heavy atom. The molecule has 1 aliphatic carbocycles. The van der Waals surface area contributed by atoms with Crippen LogP contribution in [0.1, 0.15) is 49.7 Å². The Morgan fingerprint density at radius 3 is 2.45 bits per heavy atom. The molecule has 0 bridgehead atoms. The molecule has 0 aliphatic heterocycles. The third-order valence-corrected chi connectivity index (χ3v) is 5.31. The number of nitrogens with zero attached hydrogens (tertiary/aromatic N) is 1. The minimum atomic E-state index is 0.443. The fraction of sp³-hybridized carbons (Fsp3) is 0.667. The van der Waals surface area contributed by atoms with Crippen LogP contribution in [0, 0.1) is 12.3 Å². The van der Waals surface area contributed by atoms with Crippen molar-refractivity contribution in [2.45, 2.75) is 52.0 Å². The summed E-state index contributed by atoms with van der Waals surface area (Å²) in [7, 11) is 2.26. The minimum absolute atomic E-state index is 0.443. The number of thiol groups is 1. The molecular formula is C18H29NS. The van der Waals surface area contributed by atoms with E-state index in [9.17, 15) is 0 Å². The smallest absolute Gasteiger partial charge is 0.0231 e. The Balaban J connectivity index is 1.96. The quantitative estimate of drug-likeness (QED) is 0.608. The van der Waals surface area contributed by atoms with Gasteiger partial charge < -0.3 is 4.90 Å². The Morgan fingerprint density at radius 2 is 1.85 bits per heavy atom. The summed E-state index contributed by atoms with van der Waals surface area (Å²) >= 11 is 4.69. The van der Waals surface area contributed by atoms with Gasteiger partial charge in [-0.05, 0) is 43.5 Å². The fourth-order valence-electron chi connectivity index (χ4n) is 3.60. The van der Waals surface area contributed by atoms with Gasteiger partial charge in [-0.2, -0.15) is 12.6 Å². The normalized spacial score (nSPS) is 19.0. The molecule has 1 aliphatic rings. The second kappa shape index (κ2) is 7.51. The van der Waals surface area contributed by atoms with Gasteiger partial charge in [-0.15, -0.1) is 0 Å². The molecule has 0 amide bonds. The highest BCUT2D eigenvalue weighted by molar-refractivity contribution is 7.80. The molecule has 0 heterocycles. The predicted octanol–water partition coefficient (Wildman–Crippen LogP) is 4.70. The molecule has 0 spiro atoms. The maximum atomic E-state index is 4.69. The van der Waals surface area contributed by atoms with Gasteiger partial charge in [0.05, 0.1) is 0 Å². The van der Waals surface area contributed by atoms with E-state index in [0.717, 1.165) is 12.3 Å². The van der Waals surface area contributed by atoms with Crippen molar-refractivity contribution in [1.29, 1.82) is 0 Å². The summed E-state index contributed by atoms with van der Waals surface area (Å²) in [6.07, 6.45) is 8.31. The van der Waals surface area contributed by atoms with Crippen LogP contribution in [0.2, 0.25) is 0 Å². The van der Waals surface area contributed by atoms with Crippen molar-refractivity contribution < 1.29 is 0 Å². The minimum Gasteiger partial charge on any atom is -0.302 e. The Kier molecular flexibility index (Phi) is 5.98. The topological polar surface area (TPSA) is 3.24 Å². The SMILES string of the molecule is Cc1cccc(CN(C)CC2(CS)CCCCCC2)c1. The molecule has 1 saturated carbocycles. The van der Waals surface area contributed by atoms with E-state index in [4.69, 9.17) is 0 Å². The zero-order valence-corrected chi connectivity index (χ0v) is 14.0. The van der Waals surface area contributed by atoms with Crippen molar-refractivity contribution in [3.05, 3.63) is 35.4 Å². The van der Waals surface area contributed by atoms with E-state index in [1.165, 1.54) is 56.2 Å². The molecule has 0 atom stereocenters. The molecule has 2 heteroatoms. The van der Waals surface area contributed by atoms with Crippen molar-refractivity contribution >= 4 is 12.6 Å². The van der Waals surface area contributed by atoms with Crippen molar-refractivity contribution in [3.8, 4) is 0 Å². The fourth-order valence-corrected chi connectivity index (χ4v) is 4.01. The Hall–Kier alpha value is -0.470. The highest BCUT2D eigenvalue weighted by Gasteiger charge is 2.30. The number of benzene rings is 1. The largest absolute Gasteiger partial charge is 0.302 e. The van der Waals surface area contributed by atoms with Gasteiger partial charge in [-0.1, -0.05) is 55.5 Å². The molecule has 1 aromatic carbocycles. The highest BCUT2D eigenvalue weighted by Crippen LogP contribution is 2.36. The second-order valence-corrected chi connectivity index (χ2v) is 7.05. The van der Waals surface area contributed by atoms with E-state index in [1.807, 2.05) is 0 Å². The van der Waals surface area contributed by atoms with Crippen molar-refractivity contribution in [2.24, 2.45) is 5.41 Å². The van der Waals surface area contributed by atoms with Crippen molar-refractivity contribution in [2.75, 3.05) is 19.3 Å². The Bertz CT molecular complexity index is 408. The first-order valence-corrected chi connectivity index (χ1v) is 8.62. The lowest BCUT2D eigenvalue weighted by Gasteiger charge is -2.35. The summed E-state index contributed by atoms with van der Waals surface area (Å²) < 4.78 is 0. The molecule has 20 heavy (non-hydrogen) atoms. The number of rotatable bonds is 5. The van der Waals surface area contributed by atoms with Crippen molar-refractivity contribution in [3.63, 3.8) is 0 Å². The van der Waals surface area contributed by atoms with E-state index in [-0.39, 0.29) is 0 Å². The van der Waals surface area contributed by atoms with E-state index >= 15 is 0 Å². The average Bonchev–Trinajstić information content (AvgIpc) is 2.65. The summed E-state index contributed by atoms with van der Waals surface area (Å²) in [4.78, 5) is 2.50. The molecule has 0 aromatic heterocycles. The molecule has 1 fully saturated rings. The zero-order valence-electron chi connectivity index (χ0n) is 13.1. The number of aryl methyl sites for hydroxylation is 1. The van der Waals surface area contributed by atoms with Crippen LogP contribution in [-0.4, -0.2) is 24.2 Å².